The first-order chi connectivity index (χ1) is 11.6. The summed E-state index contributed by atoms with van der Waals surface area (Å²) in [6, 6.07) is 15.4. The predicted octanol–water partition coefficient (Wildman–Crippen LogP) is 3.60. The first kappa shape index (κ1) is 16.4. The van der Waals surface area contributed by atoms with Crippen LogP contribution in [0.2, 0.25) is 0 Å². The van der Waals surface area contributed by atoms with E-state index in [1.807, 2.05) is 55.5 Å². The highest BCUT2D eigenvalue weighted by molar-refractivity contribution is 7.99. The lowest BCUT2D eigenvalue weighted by atomic mass is 10.2. The van der Waals surface area contributed by atoms with Crippen molar-refractivity contribution in [1.82, 2.24) is 9.55 Å². The minimum atomic E-state index is -0.879. The van der Waals surface area contributed by atoms with Gasteiger partial charge in [0.05, 0.1) is 17.6 Å². The lowest BCUT2D eigenvalue weighted by Gasteiger charge is -2.09. The fourth-order valence-corrected chi connectivity index (χ4v) is 3.29. The number of carboxylic acids is 1. The third kappa shape index (κ3) is 3.71. The Bertz CT molecular complexity index is 860. The van der Waals surface area contributed by atoms with Crippen LogP contribution in [-0.2, 0) is 11.3 Å². The summed E-state index contributed by atoms with van der Waals surface area (Å²) >= 11 is 1.50. The maximum Gasteiger partial charge on any atom is 0.323 e. The number of carbonyl (C=O) groups is 1. The molecule has 0 aliphatic heterocycles. The van der Waals surface area contributed by atoms with Crippen LogP contribution < -0.4 is 4.74 Å². The normalized spacial score (nSPS) is 10.9. The Kier molecular flexibility index (Phi) is 5.05. The van der Waals surface area contributed by atoms with E-state index in [9.17, 15) is 4.79 Å². The van der Waals surface area contributed by atoms with Crippen molar-refractivity contribution in [3.8, 4) is 5.75 Å². The third-order valence-electron chi connectivity index (χ3n) is 3.58. The number of hydrogen-bond donors (Lipinski definition) is 1. The highest BCUT2D eigenvalue weighted by Crippen LogP contribution is 2.24. The first-order valence-corrected chi connectivity index (χ1v) is 8.62. The minimum absolute atomic E-state index is 0.0957. The minimum Gasteiger partial charge on any atom is -0.492 e. The molecule has 24 heavy (non-hydrogen) atoms. The lowest BCUT2D eigenvalue weighted by Crippen LogP contribution is -2.10. The number of thioether (sulfide) groups is 1. The maximum atomic E-state index is 11.1. The molecule has 2 aromatic carbocycles. The summed E-state index contributed by atoms with van der Waals surface area (Å²) in [5.74, 6) is 0.686. The van der Waals surface area contributed by atoms with E-state index in [-0.39, 0.29) is 6.54 Å². The smallest absolute Gasteiger partial charge is 0.323 e. The van der Waals surface area contributed by atoms with E-state index in [0.717, 1.165) is 22.3 Å². The fourth-order valence-electron chi connectivity index (χ4n) is 2.45. The molecule has 0 saturated heterocycles. The van der Waals surface area contributed by atoms with Crippen molar-refractivity contribution in [2.24, 2.45) is 0 Å². The van der Waals surface area contributed by atoms with Crippen LogP contribution >= 0.6 is 11.8 Å². The summed E-state index contributed by atoms with van der Waals surface area (Å²) in [5, 5.41) is 9.84. The number of ether oxygens (including phenoxy) is 1. The van der Waals surface area contributed by atoms with Crippen LogP contribution in [0, 0.1) is 6.92 Å². The van der Waals surface area contributed by atoms with Crippen LogP contribution in [0.5, 0.6) is 5.75 Å². The van der Waals surface area contributed by atoms with E-state index < -0.39 is 5.97 Å². The number of nitrogens with zero attached hydrogens (tertiary/aromatic N) is 2. The average molecular weight is 342 g/mol. The van der Waals surface area contributed by atoms with Gasteiger partial charge in [-0.3, -0.25) is 4.79 Å². The number of rotatable bonds is 7. The number of para-hydroxylation sites is 3. The quantitative estimate of drug-likeness (QED) is 0.525. The van der Waals surface area contributed by atoms with Crippen LogP contribution in [0.3, 0.4) is 0 Å². The van der Waals surface area contributed by atoms with Gasteiger partial charge in [-0.2, -0.15) is 0 Å². The molecule has 5 nitrogen and oxygen atoms in total. The zero-order valence-corrected chi connectivity index (χ0v) is 14.1. The summed E-state index contributed by atoms with van der Waals surface area (Å²) in [6.45, 7) is 2.45. The van der Waals surface area contributed by atoms with Gasteiger partial charge in [0.15, 0.2) is 5.16 Å². The predicted molar refractivity (Wildman–Crippen MR) is 94.8 cm³/mol. The largest absolute Gasteiger partial charge is 0.492 e. The van der Waals surface area contributed by atoms with Gasteiger partial charge in [0.2, 0.25) is 0 Å². The molecule has 3 rings (SSSR count). The van der Waals surface area contributed by atoms with E-state index in [1.165, 1.54) is 11.8 Å². The fraction of sp³-hybridized carbons (Fsp3) is 0.222. The zero-order valence-electron chi connectivity index (χ0n) is 13.3. The van der Waals surface area contributed by atoms with Crippen molar-refractivity contribution in [3.05, 3.63) is 54.1 Å². The van der Waals surface area contributed by atoms with Gasteiger partial charge < -0.3 is 14.4 Å². The van der Waals surface area contributed by atoms with Crippen molar-refractivity contribution in [1.29, 1.82) is 0 Å². The number of aliphatic carboxylic acids is 1. The number of benzene rings is 2. The molecule has 0 unspecified atom stereocenters. The van der Waals surface area contributed by atoms with Gasteiger partial charge in [-0.05, 0) is 30.7 Å². The van der Waals surface area contributed by atoms with E-state index in [2.05, 4.69) is 4.98 Å². The Morgan fingerprint density at radius 3 is 2.75 bits per heavy atom. The summed E-state index contributed by atoms with van der Waals surface area (Å²) < 4.78 is 7.51. The van der Waals surface area contributed by atoms with Gasteiger partial charge in [0.25, 0.3) is 0 Å². The zero-order chi connectivity index (χ0) is 16.9. The lowest BCUT2D eigenvalue weighted by molar-refractivity contribution is -0.137. The summed E-state index contributed by atoms with van der Waals surface area (Å²) in [6.07, 6.45) is 0. The number of fused-ring (bicyclic) bond motifs is 1. The molecule has 0 fully saturated rings. The molecule has 0 saturated carbocycles. The molecule has 6 heteroatoms. The summed E-state index contributed by atoms with van der Waals surface area (Å²) in [7, 11) is 0. The number of aromatic nitrogens is 2. The highest BCUT2D eigenvalue weighted by Gasteiger charge is 2.13. The molecule has 0 aliphatic rings. The van der Waals surface area contributed by atoms with Crippen molar-refractivity contribution in [3.63, 3.8) is 0 Å². The number of imidazole rings is 1. The Balaban J connectivity index is 1.68. The van der Waals surface area contributed by atoms with Crippen molar-refractivity contribution >= 4 is 28.8 Å². The van der Waals surface area contributed by atoms with Gasteiger partial charge in [-0.25, -0.2) is 4.98 Å². The molecular formula is C18H18N2O3S. The van der Waals surface area contributed by atoms with Crippen molar-refractivity contribution < 1.29 is 14.6 Å². The summed E-state index contributed by atoms with van der Waals surface area (Å²) in [5.41, 5.74) is 2.74. The SMILES string of the molecule is Cc1ccccc1OCCSc1nc2ccccc2n1CC(=O)O. The van der Waals surface area contributed by atoms with Crippen molar-refractivity contribution in [2.75, 3.05) is 12.4 Å². The Morgan fingerprint density at radius 2 is 1.96 bits per heavy atom. The second kappa shape index (κ2) is 7.40. The monoisotopic (exact) mass is 342 g/mol. The molecule has 3 aromatic rings. The van der Waals surface area contributed by atoms with E-state index in [0.29, 0.717) is 17.5 Å². The molecule has 0 bridgehead atoms. The van der Waals surface area contributed by atoms with Crippen molar-refractivity contribution in [2.45, 2.75) is 18.6 Å². The maximum absolute atomic E-state index is 11.1. The molecule has 124 valence electrons. The van der Waals surface area contributed by atoms with E-state index in [4.69, 9.17) is 9.84 Å². The molecule has 0 amide bonds. The Hall–Kier alpha value is -2.47. The Labute approximate surface area is 144 Å². The highest BCUT2D eigenvalue weighted by atomic mass is 32.2. The van der Waals surface area contributed by atoms with Gasteiger partial charge in [0, 0.05) is 5.75 Å². The van der Waals surface area contributed by atoms with Crippen LogP contribution in [0.4, 0.5) is 0 Å². The van der Waals surface area contributed by atoms with Crippen LogP contribution in [0.15, 0.2) is 53.7 Å². The van der Waals surface area contributed by atoms with Crippen LogP contribution in [0.1, 0.15) is 5.56 Å². The van der Waals surface area contributed by atoms with E-state index >= 15 is 0 Å². The molecule has 1 aromatic heterocycles. The van der Waals surface area contributed by atoms with Gasteiger partial charge in [-0.1, -0.05) is 42.1 Å². The van der Waals surface area contributed by atoms with Crippen LogP contribution in [-0.4, -0.2) is 33.0 Å². The molecular weight excluding hydrogens is 324 g/mol. The topological polar surface area (TPSA) is 64.4 Å². The second-order valence-electron chi connectivity index (χ2n) is 5.33. The van der Waals surface area contributed by atoms with Gasteiger partial charge in [0.1, 0.15) is 12.3 Å². The standard InChI is InChI=1S/C18H18N2O3S/c1-13-6-2-5-9-16(13)23-10-11-24-18-19-14-7-3-4-8-15(14)20(18)12-17(21)22/h2-9H,10-12H2,1H3,(H,21,22). The molecule has 0 atom stereocenters. The number of carboxylic acid groups (broad SMARTS) is 1. The molecule has 0 spiro atoms. The molecule has 1 N–H and O–H groups in total. The molecule has 0 aliphatic carbocycles. The van der Waals surface area contributed by atoms with E-state index in [1.54, 1.807) is 4.57 Å². The number of hydrogen-bond acceptors (Lipinski definition) is 4. The summed E-state index contributed by atoms with van der Waals surface area (Å²) in [4.78, 5) is 15.7. The first-order valence-electron chi connectivity index (χ1n) is 7.63. The van der Waals surface area contributed by atoms with Gasteiger partial charge >= 0.3 is 5.97 Å². The third-order valence-corrected chi connectivity index (χ3v) is 4.52. The second-order valence-corrected chi connectivity index (χ2v) is 6.39. The van der Waals surface area contributed by atoms with Gasteiger partial charge in [-0.15, -0.1) is 0 Å². The molecule has 0 radical (unpaired) electrons. The molecule has 1 heterocycles. The number of aryl methyl sites for hydroxylation is 1. The van der Waals surface area contributed by atoms with Crippen LogP contribution in [0.25, 0.3) is 11.0 Å². The Morgan fingerprint density at radius 1 is 1.21 bits per heavy atom. The average Bonchev–Trinajstić information content (AvgIpc) is 2.90.